The van der Waals surface area contributed by atoms with Gasteiger partial charge >= 0.3 is 5.95 Å². The van der Waals surface area contributed by atoms with Crippen LogP contribution < -0.4 is 4.57 Å². The summed E-state index contributed by atoms with van der Waals surface area (Å²) in [5.41, 5.74) is 7.77. The van der Waals surface area contributed by atoms with Gasteiger partial charge in [-0.2, -0.15) is 9.55 Å². The number of nitrogens with one attached hydrogen (secondary N) is 2. The second kappa shape index (κ2) is 8.60. The van der Waals surface area contributed by atoms with Crippen molar-refractivity contribution in [1.29, 1.82) is 0 Å². The molecule has 162 valence electrons. The third kappa shape index (κ3) is 3.89. The van der Waals surface area contributed by atoms with Crippen molar-refractivity contribution in [2.75, 3.05) is 0 Å². The molecular weight excluding hydrogens is 420 g/mol. The van der Waals surface area contributed by atoms with Gasteiger partial charge in [0.25, 0.3) is 0 Å². The van der Waals surface area contributed by atoms with Crippen molar-refractivity contribution in [2.24, 2.45) is 0 Å². The fourth-order valence-corrected chi connectivity index (χ4v) is 3.94. The highest BCUT2D eigenvalue weighted by Gasteiger charge is 2.18. The number of nitrogens with zero attached hydrogens (tertiary/aromatic N) is 4. The average Bonchev–Trinajstić information content (AvgIpc) is 3.61. The lowest BCUT2D eigenvalue weighted by Crippen LogP contribution is -2.33. The first-order valence-electron chi connectivity index (χ1n) is 11.0. The molecule has 0 fully saturated rings. The van der Waals surface area contributed by atoms with E-state index in [1.807, 2.05) is 59.3 Å². The van der Waals surface area contributed by atoms with Gasteiger partial charge in [0.05, 0.1) is 23.8 Å². The normalized spacial score (nSPS) is 10.9. The molecule has 6 nitrogen and oxygen atoms in total. The standard InChI is InChI=1S/C28H21N6/c1-3-8-20(9-4-1)22-12-14-24(30-22)26-18-27(33-28(32-26)34-17-7-16-29-19-34)25-15-13-23(31-25)21-10-5-2-6-11-21/h1-19,30-31H/q+1. The minimum Gasteiger partial charge on any atom is -0.352 e. The SMILES string of the molecule is c1ccc(-c2ccc(-c3cc(-c4ccc(-c5ccccc5)[nH]4)nc(-[n+]4cccnc4)n3)[nH]2)cc1. The van der Waals surface area contributed by atoms with Crippen molar-refractivity contribution < 1.29 is 4.57 Å². The van der Waals surface area contributed by atoms with Gasteiger partial charge in [0.15, 0.2) is 6.33 Å². The molecule has 4 aromatic heterocycles. The molecule has 2 N–H and O–H groups in total. The van der Waals surface area contributed by atoms with Crippen LogP contribution in [0.4, 0.5) is 0 Å². The smallest absolute Gasteiger partial charge is 0.352 e. The molecule has 0 atom stereocenters. The van der Waals surface area contributed by atoms with E-state index in [4.69, 9.17) is 9.97 Å². The third-order valence-electron chi connectivity index (χ3n) is 5.65. The van der Waals surface area contributed by atoms with Crippen LogP contribution in [0.2, 0.25) is 0 Å². The molecule has 0 amide bonds. The van der Waals surface area contributed by atoms with E-state index in [0.29, 0.717) is 5.95 Å². The van der Waals surface area contributed by atoms with Crippen LogP contribution in [0.15, 0.2) is 116 Å². The van der Waals surface area contributed by atoms with E-state index in [9.17, 15) is 0 Å². The number of H-pyrrole nitrogens is 2. The second-order valence-electron chi connectivity index (χ2n) is 7.90. The topological polar surface area (TPSA) is 74.1 Å². The monoisotopic (exact) mass is 441 g/mol. The minimum atomic E-state index is 0.548. The lowest BCUT2D eigenvalue weighted by molar-refractivity contribution is -0.607. The molecule has 0 radical (unpaired) electrons. The van der Waals surface area contributed by atoms with Crippen LogP contribution in [0, 0.1) is 0 Å². The fraction of sp³-hybridized carbons (Fsp3) is 0. The van der Waals surface area contributed by atoms with Crippen molar-refractivity contribution in [2.45, 2.75) is 0 Å². The zero-order chi connectivity index (χ0) is 22.7. The summed E-state index contributed by atoms with van der Waals surface area (Å²) in [4.78, 5) is 20.9. The lowest BCUT2D eigenvalue weighted by atomic mass is 10.2. The van der Waals surface area contributed by atoms with Crippen LogP contribution in [0.1, 0.15) is 0 Å². The van der Waals surface area contributed by atoms with Gasteiger partial charge in [-0.1, -0.05) is 60.7 Å². The quantitative estimate of drug-likeness (QED) is 0.348. The summed E-state index contributed by atoms with van der Waals surface area (Å²) in [6.45, 7) is 0. The Kier molecular flexibility index (Phi) is 5.01. The molecule has 6 heteroatoms. The molecule has 6 rings (SSSR count). The first-order chi connectivity index (χ1) is 16.8. The highest BCUT2D eigenvalue weighted by Crippen LogP contribution is 2.28. The Morgan fingerprint density at radius 3 is 1.59 bits per heavy atom. The highest BCUT2D eigenvalue weighted by molar-refractivity contribution is 5.71. The van der Waals surface area contributed by atoms with Crippen LogP contribution in [0.25, 0.3) is 51.2 Å². The van der Waals surface area contributed by atoms with Gasteiger partial charge in [-0.05, 0) is 41.5 Å². The number of hydrogen-bond donors (Lipinski definition) is 2. The van der Waals surface area contributed by atoms with E-state index >= 15 is 0 Å². The summed E-state index contributed by atoms with van der Waals surface area (Å²) in [7, 11) is 0. The number of hydrogen-bond acceptors (Lipinski definition) is 3. The van der Waals surface area contributed by atoms with Crippen LogP contribution in [-0.2, 0) is 0 Å². The molecule has 2 aromatic carbocycles. The van der Waals surface area contributed by atoms with E-state index in [1.165, 1.54) is 0 Å². The zero-order valence-corrected chi connectivity index (χ0v) is 18.3. The predicted molar refractivity (Wildman–Crippen MR) is 132 cm³/mol. The Hall–Kier alpha value is -4.84. The zero-order valence-electron chi connectivity index (χ0n) is 18.3. The minimum absolute atomic E-state index is 0.548. The first-order valence-corrected chi connectivity index (χ1v) is 11.0. The van der Waals surface area contributed by atoms with E-state index in [0.717, 1.165) is 45.3 Å². The summed E-state index contributed by atoms with van der Waals surface area (Å²) in [6, 6.07) is 32.6. The Bertz CT molecular complexity index is 1440. The van der Waals surface area contributed by atoms with Crippen LogP contribution in [0.5, 0.6) is 0 Å². The first kappa shape index (κ1) is 19.8. The summed E-state index contributed by atoms with van der Waals surface area (Å²) in [5, 5.41) is 0. The summed E-state index contributed by atoms with van der Waals surface area (Å²) in [6.07, 6.45) is 5.33. The molecule has 0 aliphatic rings. The largest absolute Gasteiger partial charge is 0.390 e. The number of benzene rings is 2. The van der Waals surface area contributed by atoms with Crippen molar-refractivity contribution in [1.82, 2.24) is 24.9 Å². The van der Waals surface area contributed by atoms with Crippen molar-refractivity contribution in [3.63, 3.8) is 0 Å². The summed E-state index contributed by atoms with van der Waals surface area (Å²) in [5.74, 6) is 0.548. The summed E-state index contributed by atoms with van der Waals surface area (Å²) >= 11 is 0. The van der Waals surface area contributed by atoms with E-state index in [-0.39, 0.29) is 0 Å². The van der Waals surface area contributed by atoms with Gasteiger partial charge in [-0.15, -0.1) is 9.97 Å². The maximum Gasteiger partial charge on any atom is 0.390 e. The lowest BCUT2D eigenvalue weighted by Gasteiger charge is -2.03. The Labute approximate surface area is 196 Å². The molecule has 4 heterocycles. The molecule has 0 aliphatic carbocycles. The molecule has 0 saturated heterocycles. The third-order valence-corrected chi connectivity index (χ3v) is 5.65. The number of aromatic nitrogens is 6. The van der Waals surface area contributed by atoms with Crippen molar-refractivity contribution in [3.05, 3.63) is 116 Å². The number of aromatic amines is 2. The van der Waals surface area contributed by atoms with Gasteiger partial charge in [-0.3, -0.25) is 0 Å². The van der Waals surface area contributed by atoms with Crippen LogP contribution in [-0.4, -0.2) is 24.9 Å². The van der Waals surface area contributed by atoms with Crippen LogP contribution >= 0.6 is 0 Å². The van der Waals surface area contributed by atoms with Gasteiger partial charge < -0.3 is 9.97 Å². The Balaban J connectivity index is 1.45. The van der Waals surface area contributed by atoms with Crippen molar-refractivity contribution in [3.8, 4) is 51.2 Å². The molecule has 0 spiro atoms. The average molecular weight is 442 g/mol. The fourth-order valence-electron chi connectivity index (χ4n) is 3.94. The predicted octanol–water partition coefficient (Wildman–Crippen LogP) is 5.47. The van der Waals surface area contributed by atoms with E-state index < -0.39 is 0 Å². The molecule has 0 bridgehead atoms. The van der Waals surface area contributed by atoms with Gasteiger partial charge in [0, 0.05) is 17.5 Å². The Morgan fingerprint density at radius 2 is 1.09 bits per heavy atom. The van der Waals surface area contributed by atoms with Gasteiger partial charge in [0.1, 0.15) is 11.4 Å². The number of rotatable bonds is 5. The van der Waals surface area contributed by atoms with E-state index in [2.05, 4.69) is 63.5 Å². The molecule has 0 saturated carbocycles. The molecule has 0 aliphatic heterocycles. The van der Waals surface area contributed by atoms with Crippen LogP contribution in [0.3, 0.4) is 0 Å². The van der Waals surface area contributed by atoms with Gasteiger partial charge in [-0.25, -0.2) is 0 Å². The molecule has 0 unspecified atom stereocenters. The maximum absolute atomic E-state index is 4.84. The molecule has 34 heavy (non-hydrogen) atoms. The second-order valence-corrected chi connectivity index (χ2v) is 7.90. The Morgan fingerprint density at radius 1 is 0.559 bits per heavy atom. The molecule has 6 aromatic rings. The van der Waals surface area contributed by atoms with E-state index in [1.54, 1.807) is 12.5 Å². The maximum atomic E-state index is 4.84. The van der Waals surface area contributed by atoms with Gasteiger partial charge in [0.2, 0.25) is 0 Å². The highest BCUT2D eigenvalue weighted by atomic mass is 15.2. The van der Waals surface area contributed by atoms with Crippen molar-refractivity contribution >= 4 is 0 Å². The molecular formula is C28H21N6+. The summed E-state index contributed by atoms with van der Waals surface area (Å²) < 4.78 is 1.81.